The van der Waals surface area contributed by atoms with Gasteiger partial charge >= 0.3 is 0 Å². The summed E-state index contributed by atoms with van der Waals surface area (Å²) in [4.78, 5) is 33.0. The fraction of sp³-hybridized carbons (Fsp3) is 0.650. The fourth-order valence-electron chi connectivity index (χ4n) is 3.63. The summed E-state index contributed by atoms with van der Waals surface area (Å²) in [5.41, 5.74) is 1.18. The number of ether oxygens (including phenoxy) is 1. The van der Waals surface area contributed by atoms with Crippen molar-refractivity contribution in [1.29, 1.82) is 0 Å². The largest absolute Gasteiger partial charge is 0.379 e. The van der Waals surface area contributed by atoms with Gasteiger partial charge in [0.25, 0.3) is 0 Å². The van der Waals surface area contributed by atoms with Gasteiger partial charge in [0, 0.05) is 58.1 Å². The zero-order valence-electron chi connectivity index (χ0n) is 15.9. The Morgan fingerprint density at radius 3 is 2.93 bits per heavy atom. The summed E-state index contributed by atoms with van der Waals surface area (Å²) in [6.45, 7) is 6.11. The molecule has 27 heavy (non-hydrogen) atoms. The Labute approximate surface area is 161 Å². The van der Waals surface area contributed by atoms with Crippen LogP contribution in [-0.2, 0) is 20.7 Å². The average Bonchev–Trinajstić information content (AvgIpc) is 2.72. The molecule has 2 aliphatic rings. The SMILES string of the molecule is O=C(NCCCc1cccnc1)C1CCC(=O)N(CCN2CCOCC2)C1. The Hall–Kier alpha value is -1.99. The van der Waals surface area contributed by atoms with E-state index in [0.717, 1.165) is 45.7 Å². The van der Waals surface area contributed by atoms with Crippen LogP contribution >= 0.6 is 0 Å². The number of amides is 2. The molecule has 0 aliphatic carbocycles. The number of likely N-dealkylation sites (tertiary alicyclic amines) is 1. The lowest BCUT2D eigenvalue weighted by Crippen LogP contribution is -2.49. The van der Waals surface area contributed by atoms with Crippen LogP contribution in [0.25, 0.3) is 0 Å². The molecule has 7 nitrogen and oxygen atoms in total. The molecule has 0 aromatic carbocycles. The third-order valence-corrected chi connectivity index (χ3v) is 5.33. The van der Waals surface area contributed by atoms with Gasteiger partial charge < -0.3 is 15.0 Å². The van der Waals surface area contributed by atoms with E-state index in [1.165, 1.54) is 5.56 Å². The van der Waals surface area contributed by atoms with Crippen LogP contribution in [-0.4, -0.2) is 79.1 Å². The van der Waals surface area contributed by atoms with Crippen LogP contribution in [0.2, 0.25) is 0 Å². The van der Waals surface area contributed by atoms with Crippen LogP contribution in [0.5, 0.6) is 0 Å². The number of aryl methyl sites for hydroxylation is 1. The van der Waals surface area contributed by atoms with E-state index >= 15 is 0 Å². The second-order valence-electron chi connectivity index (χ2n) is 7.29. The number of pyridine rings is 1. The van der Waals surface area contributed by atoms with E-state index in [4.69, 9.17) is 4.74 Å². The highest BCUT2D eigenvalue weighted by atomic mass is 16.5. The predicted molar refractivity (Wildman–Crippen MR) is 102 cm³/mol. The van der Waals surface area contributed by atoms with Gasteiger partial charge in [-0.05, 0) is 30.9 Å². The molecule has 2 amide bonds. The molecule has 3 heterocycles. The molecule has 2 aliphatic heterocycles. The van der Waals surface area contributed by atoms with E-state index in [-0.39, 0.29) is 17.7 Å². The molecule has 1 N–H and O–H groups in total. The van der Waals surface area contributed by atoms with Gasteiger partial charge in [0.15, 0.2) is 0 Å². The Morgan fingerprint density at radius 1 is 1.30 bits per heavy atom. The van der Waals surface area contributed by atoms with Gasteiger partial charge in [0.2, 0.25) is 11.8 Å². The van der Waals surface area contributed by atoms with E-state index in [2.05, 4.69) is 15.2 Å². The molecular weight excluding hydrogens is 344 g/mol. The van der Waals surface area contributed by atoms with Crippen molar-refractivity contribution in [3.8, 4) is 0 Å². The fourth-order valence-corrected chi connectivity index (χ4v) is 3.63. The molecule has 7 heteroatoms. The number of morpholine rings is 1. The van der Waals surface area contributed by atoms with E-state index in [9.17, 15) is 9.59 Å². The molecule has 0 bridgehead atoms. The van der Waals surface area contributed by atoms with Crippen molar-refractivity contribution in [3.05, 3.63) is 30.1 Å². The minimum Gasteiger partial charge on any atom is -0.379 e. The molecule has 1 aromatic heterocycles. The normalized spacial score (nSPS) is 21.3. The van der Waals surface area contributed by atoms with Crippen molar-refractivity contribution in [2.45, 2.75) is 25.7 Å². The number of piperidine rings is 1. The Bertz CT molecular complexity index is 605. The Balaban J connectivity index is 1.37. The van der Waals surface area contributed by atoms with Crippen LogP contribution in [0.15, 0.2) is 24.5 Å². The van der Waals surface area contributed by atoms with Crippen molar-refractivity contribution in [1.82, 2.24) is 20.1 Å². The molecule has 2 fully saturated rings. The zero-order chi connectivity index (χ0) is 18.9. The molecule has 1 aromatic rings. The maximum absolute atomic E-state index is 12.5. The number of carbonyl (C=O) groups is 2. The lowest BCUT2D eigenvalue weighted by molar-refractivity contribution is -0.138. The maximum Gasteiger partial charge on any atom is 0.224 e. The standard InChI is InChI=1S/C20H30N4O3/c25-19-6-5-18(16-24(19)10-9-23-11-13-27-14-12-23)20(26)22-8-2-4-17-3-1-7-21-15-17/h1,3,7,15,18H,2,4-6,8-14,16H2,(H,22,26). The van der Waals surface area contributed by atoms with Crippen LogP contribution in [0.4, 0.5) is 0 Å². The summed E-state index contributed by atoms with van der Waals surface area (Å²) < 4.78 is 5.36. The molecule has 1 atom stereocenters. The number of hydrogen-bond acceptors (Lipinski definition) is 5. The molecular formula is C20H30N4O3. The summed E-state index contributed by atoms with van der Waals surface area (Å²) in [6, 6.07) is 3.98. The highest BCUT2D eigenvalue weighted by Crippen LogP contribution is 2.18. The van der Waals surface area contributed by atoms with E-state index < -0.39 is 0 Å². The molecule has 0 radical (unpaired) electrons. The van der Waals surface area contributed by atoms with Crippen molar-refractivity contribution >= 4 is 11.8 Å². The highest BCUT2D eigenvalue weighted by molar-refractivity contribution is 5.83. The van der Waals surface area contributed by atoms with E-state index in [1.54, 1.807) is 6.20 Å². The topological polar surface area (TPSA) is 74.8 Å². The van der Waals surface area contributed by atoms with Crippen LogP contribution in [0.1, 0.15) is 24.8 Å². The first kappa shape index (κ1) is 19.8. The third-order valence-electron chi connectivity index (χ3n) is 5.33. The minimum atomic E-state index is -0.0919. The summed E-state index contributed by atoms with van der Waals surface area (Å²) in [5.74, 6) is 0.153. The van der Waals surface area contributed by atoms with E-state index in [1.807, 2.05) is 23.2 Å². The van der Waals surface area contributed by atoms with Crippen molar-refractivity contribution in [3.63, 3.8) is 0 Å². The number of aromatic nitrogens is 1. The molecule has 148 valence electrons. The third kappa shape index (κ3) is 6.29. The van der Waals surface area contributed by atoms with E-state index in [0.29, 0.717) is 32.5 Å². The molecule has 0 spiro atoms. The quantitative estimate of drug-likeness (QED) is 0.678. The number of nitrogens with one attached hydrogen (secondary N) is 1. The Kier molecular flexibility index (Phi) is 7.59. The van der Waals surface area contributed by atoms with Crippen LogP contribution in [0.3, 0.4) is 0 Å². The number of carbonyl (C=O) groups excluding carboxylic acids is 2. The van der Waals surface area contributed by atoms with Crippen molar-refractivity contribution < 1.29 is 14.3 Å². The van der Waals surface area contributed by atoms with Crippen molar-refractivity contribution in [2.24, 2.45) is 5.92 Å². The predicted octanol–water partition coefficient (Wildman–Crippen LogP) is 0.701. The minimum absolute atomic E-state index is 0.0741. The maximum atomic E-state index is 12.5. The van der Waals surface area contributed by atoms with Crippen LogP contribution < -0.4 is 5.32 Å². The Morgan fingerprint density at radius 2 is 2.15 bits per heavy atom. The van der Waals surface area contributed by atoms with Gasteiger partial charge in [-0.2, -0.15) is 0 Å². The second kappa shape index (κ2) is 10.4. The number of hydrogen-bond donors (Lipinski definition) is 1. The lowest BCUT2D eigenvalue weighted by atomic mass is 9.96. The summed E-state index contributed by atoms with van der Waals surface area (Å²) in [7, 11) is 0. The molecule has 0 saturated carbocycles. The van der Waals surface area contributed by atoms with Gasteiger partial charge in [-0.1, -0.05) is 6.07 Å². The van der Waals surface area contributed by atoms with Crippen molar-refractivity contribution in [2.75, 3.05) is 52.5 Å². The number of rotatable bonds is 8. The highest BCUT2D eigenvalue weighted by Gasteiger charge is 2.30. The van der Waals surface area contributed by atoms with Gasteiger partial charge in [-0.3, -0.25) is 19.5 Å². The van der Waals surface area contributed by atoms with Gasteiger partial charge in [-0.15, -0.1) is 0 Å². The summed E-state index contributed by atoms with van der Waals surface area (Å²) >= 11 is 0. The number of nitrogens with zero attached hydrogens (tertiary/aromatic N) is 3. The summed E-state index contributed by atoms with van der Waals surface area (Å²) in [5, 5.41) is 3.04. The van der Waals surface area contributed by atoms with Gasteiger partial charge in [0.1, 0.15) is 0 Å². The molecule has 1 unspecified atom stereocenters. The van der Waals surface area contributed by atoms with Crippen LogP contribution in [0, 0.1) is 5.92 Å². The first-order valence-electron chi connectivity index (χ1n) is 9.97. The lowest BCUT2D eigenvalue weighted by Gasteiger charge is -2.34. The second-order valence-corrected chi connectivity index (χ2v) is 7.29. The smallest absolute Gasteiger partial charge is 0.224 e. The summed E-state index contributed by atoms with van der Waals surface area (Å²) in [6.07, 6.45) is 6.55. The average molecular weight is 374 g/mol. The molecule has 2 saturated heterocycles. The first-order chi connectivity index (χ1) is 13.2. The van der Waals surface area contributed by atoms with Gasteiger partial charge in [0.05, 0.1) is 19.1 Å². The zero-order valence-corrected chi connectivity index (χ0v) is 15.9. The monoisotopic (exact) mass is 374 g/mol. The molecule has 3 rings (SSSR count). The first-order valence-corrected chi connectivity index (χ1v) is 9.97. The van der Waals surface area contributed by atoms with Gasteiger partial charge in [-0.25, -0.2) is 0 Å².